The van der Waals surface area contributed by atoms with Gasteiger partial charge in [0, 0.05) is 39.1 Å². The number of amides is 1. The fraction of sp³-hybridized carbons (Fsp3) is 0.462. The van der Waals surface area contributed by atoms with E-state index >= 15 is 0 Å². The average molecular weight is 249 g/mol. The predicted molar refractivity (Wildman–Crippen MR) is 70.6 cm³/mol. The Morgan fingerprint density at radius 1 is 1.22 bits per heavy atom. The number of phenols is 1. The van der Waals surface area contributed by atoms with Crippen LogP contribution in [0.15, 0.2) is 24.3 Å². The van der Waals surface area contributed by atoms with Crippen LogP contribution >= 0.6 is 0 Å². The molecule has 0 radical (unpaired) electrons. The molecule has 1 amide bonds. The van der Waals surface area contributed by atoms with Crippen molar-refractivity contribution < 1.29 is 9.90 Å². The lowest BCUT2D eigenvalue weighted by molar-refractivity contribution is -0.131. The van der Waals surface area contributed by atoms with Gasteiger partial charge in [0.2, 0.25) is 5.91 Å². The van der Waals surface area contributed by atoms with E-state index < -0.39 is 0 Å². The largest absolute Gasteiger partial charge is 0.506 e. The molecule has 0 unspecified atom stereocenters. The molecular weight excluding hydrogens is 230 g/mol. The summed E-state index contributed by atoms with van der Waals surface area (Å²) in [4.78, 5) is 15.6. The minimum atomic E-state index is 0.120. The van der Waals surface area contributed by atoms with Gasteiger partial charge in [-0.15, -0.1) is 0 Å². The summed E-state index contributed by atoms with van der Waals surface area (Å²) >= 11 is 0. The number of anilines is 1. The second-order valence-corrected chi connectivity index (χ2v) is 4.40. The van der Waals surface area contributed by atoms with Crippen molar-refractivity contribution in [3.8, 4) is 5.75 Å². The summed E-state index contributed by atoms with van der Waals surface area (Å²) in [5.41, 5.74) is 6.22. The van der Waals surface area contributed by atoms with Gasteiger partial charge in [0.15, 0.2) is 0 Å². The van der Waals surface area contributed by atoms with Crippen molar-refractivity contribution in [1.29, 1.82) is 0 Å². The van der Waals surface area contributed by atoms with E-state index in [0.29, 0.717) is 31.8 Å². The monoisotopic (exact) mass is 249 g/mol. The molecule has 1 aliphatic rings. The molecule has 5 heteroatoms. The van der Waals surface area contributed by atoms with Gasteiger partial charge >= 0.3 is 0 Å². The zero-order valence-electron chi connectivity index (χ0n) is 10.4. The van der Waals surface area contributed by atoms with Crippen LogP contribution in [0.5, 0.6) is 5.75 Å². The number of para-hydroxylation sites is 2. The van der Waals surface area contributed by atoms with Crippen LogP contribution in [-0.4, -0.2) is 48.6 Å². The van der Waals surface area contributed by atoms with E-state index in [1.807, 2.05) is 17.0 Å². The number of carbonyl (C=O) groups excluding carboxylic acids is 1. The van der Waals surface area contributed by atoms with Crippen LogP contribution in [0, 0.1) is 0 Å². The Balaban J connectivity index is 1.95. The molecule has 1 saturated heterocycles. The van der Waals surface area contributed by atoms with E-state index in [2.05, 4.69) is 4.90 Å². The van der Waals surface area contributed by atoms with Gasteiger partial charge < -0.3 is 20.6 Å². The maximum Gasteiger partial charge on any atom is 0.223 e. The Labute approximate surface area is 107 Å². The van der Waals surface area contributed by atoms with Crippen molar-refractivity contribution in [1.82, 2.24) is 4.90 Å². The SMILES string of the molecule is NCCC(=O)N1CCN(c2ccccc2O)CC1. The Kier molecular flexibility index (Phi) is 4.04. The summed E-state index contributed by atoms with van der Waals surface area (Å²) in [5.74, 6) is 0.411. The van der Waals surface area contributed by atoms with E-state index in [4.69, 9.17) is 5.73 Å². The van der Waals surface area contributed by atoms with Crippen molar-refractivity contribution in [2.45, 2.75) is 6.42 Å². The minimum Gasteiger partial charge on any atom is -0.506 e. The number of phenolic OH excluding ortho intramolecular Hbond substituents is 1. The summed E-state index contributed by atoms with van der Waals surface area (Å²) < 4.78 is 0. The maximum absolute atomic E-state index is 11.7. The van der Waals surface area contributed by atoms with Crippen LogP contribution < -0.4 is 10.6 Å². The highest BCUT2D eigenvalue weighted by Gasteiger charge is 2.21. The smallest absolute Gasteiger partial charge is 0.223 e. The number of piperazine rings is 1. The number of nitrogens with zero attached hydrogens (tertiary/aromatic N) is 2. The van der Waals surface area contributed by atoms with Crippen LogP contribution in [0.25, 0.3) is 0 Å². The number of hydrogen-bond donors (Lipinski definition) is 2. The first kappa shape index (κ1) is 12.7. The van der Waals surface area contributed by atoms with Crippen LogP contribution in [0.1, 0.15) is 6.42 Å². The molecule has 0 aliphatic carbocycles. The van der Waals surface area contributed by atoms with E-state index in [1.54, 1.807) is 12.1 Å². The molecule has 1 fully saturated rings. The van der Waals surface area contributed by atoms with Gasteiger partial charge in [-0.25, -0.2) is 0 Å². The Bertz CT molecular complexity index is 414. The van der Waals surface area contributed by atoms with Crippen molar-refractivity contribution in [2.24, 2.45) is 5.73 Å². The van der Waals surface area contributed by atoms with Crippen molar-refractivity contribution in [3.63, 3.8) is 0 Å². The van der Waals surface area contributed by atoms with E-state index in [0.717, 1.165) is 18.8 Å². The van der Waals surface area contributed by atoms with Gasteiger partial charge in [-0.3, -0.25) is 4.79 Å². The number of hydrogen-bond acceptors (Lipinski definition) is 4. The topological polar surface area (TPSA) is 69.8 Å². The lowest BCUT2D eigenvalue weighted by Crippen LogP contribution is -2.49. The number of carbonyl (C=O) groups is 1. The Morgan fingerprint density at radius 2 is 1.89 bits per heavy atom. The fourth-order valence-corrected chi connectivity index (χ4v) is 2.21. The molecule has 0 saturated carbocycles. The molecule has 1 aliphatic heterocycles. The van der Waals surface area contributed by atoms with Crippen LogP contribution in [-0.2, 0) is 4.79 Å². The van der Waals surface area contributed by atoms with E-state index in [1.165, 1.54) is 0 Å². The normalized spacial score (nSPS) is 15.8. The number of aromatic hydroxyl groups is 1. The molecule has 5 nitrogen and oxygen atoms in total. The third-order valence-electron chi connectivity index (χ3n) is 3.21. The van der Waals surface area contributed by atoms with Crippen LogP contribution in [0.4, 0.5) is 5.69 Å². The lowest BCUT2D eigenvalue weighted by atomic mass is 10.2. The van der Waals surface area contributed by atoms with Crippen LogP contribution in [0.3, 0.4) is 0 Å². The molecule has 1 aromatic rings. The predicted octanol–water partition coefficient (Wildman–Crippen LogP) is 0.390. The van der Waals surface area contributed by atoms with Gasteiger partial charge in [0.25, 0.3) is 0 Å². The quantitative estimate of drug-likeness (QED) is 0.813. The van der Waals surface area contributed by atoms with Crippen LogP contribution in [0.2, 0.25) is 0 Å². The molecule has 18 heavy (non-hydrogen) atoms. The summed E-state index contributed by atoms with van der Waals surface area (Å²) in [6, 6.07) is 7.29. The second-order valence-electron chi connectivity index (χ2n) is 4.40. The van der Waals surface area contributed by atoms with E-state index in [9.17, 15) is 9.90 Å². The molecule has 98 valence electrons. The summed E-state index contributed by atoms with van der Waals surface area (Å²) in [5, 5.41) is 9.78. The number of benzene rings is 1. The third-order valence-corrected chi connectivity index (χ3v) is 3.21. The zero-order chi connectivity index (χ0) is 13.0. The van der Waals surface area contributed by atoms with E-state index in [-0.39, 0.29) is 5.91 Å². The molecule has 0 aromatic heterocycles. The first-order valence-electron chi connectivity index (χ1n) is 6.23. The average Bonchev–Trinajstić information content (AvgIpc) is 2.40. The highest BCUT2D eigenvalue weighted by atomic mass is 16.3. The third kappa shape index (κ3) is 2.73. The highest BCUT2D eigenvalue weighted by molar-refractivity contribution is 5.76. The Morgan fingerprint density at radius 3 is 2.50 bits per heavy atom. The molecule has 0 atom stereocenters. The van der Waals surface area contributed by atoms with Gasteiger partial charge in [-0.05, 0) is 12.1 Å². The van der Waals surface area contributed by atoms with Gasteiger partial charge in [0.1, 0.15) is 5.75 Å². The molecule has 3 N–H and O–H groups in total. The zero-order valence-corrected chi connectivity index (χ0v) is 10.4. The standard InChI is InChI=1S/C13H19N3O2/c14-6-5-13(18)16-9-7-15(8-10-16)11-3-1-2-4-12(11)17/h1-4,17H,5-10,14H2. The second kappa shape index (κ2) is 5.73. The first-order valence-corrected chi connectivity index (χ1v) is 6.23. The molecule has 1 aromatic carbocycles. The summed E-state index contributed by atoms with van der Waals surface area (Å²) in [6.07, 6.45) is 0.413. The molecule has 2 rings (SSSR count). The molecule has 1 heterocycles. The summed E-state index contributed by atoms with van der Waals surface area (Å²) in [6.45, 7) is 3.26. The highest BCUT2D eigenvalue weighted by Crippen LogP contribution is 2.27. The van der Waals surface area contributed by atoms with Gasteiger partial charge in [0.05, 0.1) is 5.69 Å². The van der Waals surface area contributed by atoms with Gasteiger partial charge in [-0.1, -0.05) is 12.1 Å². The van der Waals surface area contributed by atoms with Crippen molar-refractivity contribution >= 4 is 11.6 Å². The number of rotatable bonds is 3. The van der Waals surface area contributed by atoms with Crippen molar-refractivity contribution in [3.05, 3.63) is 24.3 Å². The molecule has 0 spiro atoms. The fourth-order valence-electron chi connectivity index (χ4n) is 2.21. The van der Waals surface area contributed by atoms with Gasteiger partial charge in [-0.2, -0.15) is 0 Å². The lowest BCUT2D eigenvalue weighted by Gasteiger charge is -2.36. The minimum absolute atomic E-state index is 0.120. The Hall–Kier alpha value is -1.75. The molecule has 0 bridgehead atoms. The first-order chi connectivity index (χ1) is 8.72. The van der Waals surface area contributed by atoms with Crippen molar-refractivity contribution in [2.75, 3.05) is 37.6 Å². The number of nitrogens with two attached hydrogens (primary N) is 1. The summed E-state index contributed by atoms with van der Waals surface area (Å²) in [7, 11) is 0. The molecular formula is C13H19N3O2. The maximum atomic E-state index is 11.7.